The number of carbonyl (C=O) groups excluding carboxylic acids is 3. The number of hydrogen-bond donors (Lipinski definition) is 3. The number of para-hydroxylation sites is 1. The van der Waals surface area contributed by atoms with Crippen LogP contribution in [0.15, 0.2) is 36.5 Å². The van der Waals surface area contributed by atoms with E-state index in [9.17, 15) is 14.4 Å². The number of nitrogens with one attached hydrogen (secondary N) is 3. The van der Waals surface area contributed by atoms with Crippen molar-refractivity contribution < 1.29 is 19.1 Å². The Bertz CT molecular complexity index is 930. The van der Waals surface area contributed by atoms with Gasteiger partial charge in [0, 0.05) is 25.3 Å². The zero-order chi connectivity index (χ0) is 22.9. The molecule has 3 N–H and O–H groups in total. The lowest BCUT2D eigenvalue weighted by Gasteiger charge is -2.35. The van der Waals surface area contributed by atoms with E-state index in [1.807, 2.05) is 30.3 Å². The molecule has 1 saturated heterocycles. The largest absolute Gasteiger partial charge is 0.462 e. The Labute approximate surface area is 187 Å². The minimum absolute atomic E-state index is 0.0482. The molecule has 1 atom stereocenters. The van der Waals surface area contributed by atoms with Gasteiger partial charge in [0.15, 0.2) is 0 Å². The molecular weight excluding hydrogens is 412 g/mol. The molecule has 2 heterocycles. The summed E-state index contributed by atoms with van der Waals surface area (Å²) in [5.74, 6) is -0.470. The molecular formula is C22H30N6O4. The van der Waals surface area contributed by atoms with E-state index in [1.165, 1.54) is 10.9 Å². The average Bonchev–Trinajstić information content (AvgIpc) is 3.14. The number of amides is 3. The second-order valence-electron chi connectivity index (χ2n) is 7.62. The van der Waals surface area contributed by atoms with Crippen LogP contribution in [0.1, 0.15) is 36.5 Å². The number of rotatable bonds is 8. The molecule has 0 radical (unpaired) electrons. The molecule has 10 heteroatoms. The van der Waals surface area contributed by atoms with Gasteiger partial charge in [0.2, 0.25) is 5.91 Å². The van der Waals surface area contributed by atoms with Gasteiger partial charge >= 0.3 is 12.0 Å². The van der Waals surface area contributed by atoms with Crippen LogP contribution in [0, 0.1) is 0 Å². The highest BCUT2D eigenvalue weighted by Gasteiger charge is 2.26. The number of ether oxygens (including phenoxy) is 1. The minimum atomic E-state index is -0.527. The quantitative estimate of drug-likeness (QED) is 0.540. The number of aryl methyl sites for hydroxylation is 1. The molecule has 1 unspecified atom stereocenters. The third-order valence-electron chi connectivity index (χ3n) is 5.32. The summed E-state index contributed by atoms with van der Waals surface area (Å²) in [6, 6.07) is 9.00. The maximum absolute atomic E-state index is 12.7. The van der Waals surface area contributed by atoms with Crippen LogP contribution in [0.4, 0.5) is 16.3 Å². The molecule has 172 valence electrons. The lowest BCUT2D eigenvalue weighted by Crippen LogP contribution is -2.49. The summed E-state index contributed by atoms with van der Waals surface area (Å²) < 4.78 is 6.47. The summed E-state index contributed by atoms with van der Waals surface area (Å²) in [7, 11) is 1.65. The van der Waals surface area contributed by atoms with Crippen LogP contribution in [0.25, 0.3) is 0 Å². The van der Waals surface area contributed by atoms with Crippen molar-refractivity contribution in [3.8, 4) is 0 Å². The number of urea groups is 1. The molecule has 2 aromatic rings. The first-order valence-corrected chi connectivity index (χ1v) is 10.8. The van der Waals surface area contributed by atoms with E-state index in [4.69, 9.17) is 4.74 Å². The summed E-state index contributed by atoms with van der Waals surface area (Å²) in [6.45, 7) is 3.31. The van der Waals surface area contributed by atoms with E-state index in [1.54, 1.807) is 14.0 Å². The lowest BCUT2D eigenvalue weighted by molar-refractivity contribution is -0.118. The number of anilines is 2. The SMILES string of the molecule is CCOC(=O)c1cnn(C)c1NC(=O)CN1CCCCC1CNC(=O)Nc1ccccc1. The summed E-state index contributed by atoms with van der Waals surface area (Å²) in [5.41, 5.74) is 0.940. The monoisotopic (exact) mass is 442 g/mol. The Morgan fingerprint density at radius 3 is 2.69 bits per heavy atom. The third-order valence-corrected chi connectivity index (χ3v) is 5.32. The Hall–Kier alpha value is -3.40. The summed E-state index contributed by atoms with van der Waals surface area (Å²) >= 11 is 0. The topological polar surface area (TPSA) is 118 Å². The van der Waals surface area contributed by atoms with Crippen LogP contribution in [0.3, 0.4) is 0 Å². The van der Waals surface area contributed by atoms with Crippen molar-refractivity contribution in [2.75, 3.05) is 36.9 Å². The van der Waals surface area contributed by atoms with Gasteiger partial charge in [-0.25, -0.2) is 9.59 Å². The van der Waals surface area contributed by atoms with Crippen LogP contribution in [-0.2, 0) is 16.6 Å². The first-order valence-electron chi connectivity index (χ1n) is 10.8. The Kier molecular flexibility index (Phi) is 8.20. The molecule has 3 amide bonds. The van der Waals surface area contributed by atoms with E-state index < -0.39 is 5.97 Å². The second-order valence-corrected chi connectivity index (χ2v) is 7.62. The van der Waals surface area contributed by atoms with Crippen molar-refractivity contribution in [1.82, 2.24) is 20.0 Å². The van der Waals surface area contributed by atoms with Crippen LogP contribution >= 0.6 is 0 Å². The van der Waals surface area contributed by atoms with Gasteiger partial charge in [0.1, 0.15) is 11.4 Å². The van der Waals surface area contributed by atoms with E-state index in [-0.39, 0.29) is 36.7 Å². The van der Waals surface area contributed by atoms with Crippen LogP contribution in [0.5, 0.6) is 0 Å². The van der Waals surface area contributed by atoms with E-state index in [2.05, 4.69) is 25.9 Å². The van der Waals surface area contributed by atoms with Gasteiger partial charge in [0.05, 0.1) is 19.3 Å². The number of likely N-dealkylation sites (tertiary alicyclic amines) is 1. The molecule has 1 aromatic carbocycles. The van der Waals surface area contributed by atoms with Crippen molar-refractivity contribution in [1.29, 1.82) is 0 Å². The maximum atomic E-state index is 12.7. The Morgan fingerprint density at radius 1 is 1.16 bits per heavy atom. The average molecular weight is 443 g/mol. The van der Waals surface area contributed by atoms with Crippen LogP contribution in [0.2, 0.25) is 0 Å². The first-order chi connectivity index (χ1) is 15.5. The number of carbonyl (C=O) groups is 3. The minimum Gasteiger partial charge on any atom is -0.462 e. The van der Waals surface area contributed by atoms with Crippen molar-refractivity contribution in [3.05, 3.63) is 42.1 Å². The number of benzene rings is 1. The first kappa shape index (κ1) is 23.3. The van der Waals surface area contributed by atoms with Crippen molar-refractivity contribution in [2.45, 2.75) is 32.2 Å². The van der Waals surface area contributed by atoms with E-state index in [0.717, 1.165) is 31.5 Å². The Balaban J connectivity index is 1.55. The highest BCUT2D eigenvalue weighted by molar-refractivity contribution is 6.00. The maximum Gasteiger partial charge on any atom is 0.343 e. The zero-order valence-corrected chi connectivity index (χ0v) is 18.5. The number of hydrogen-bond acceptors (Lipinski definition) is 6. The van der Waals surface area contributed by atoms with Gasteiger partial charge in [-0.1, -0.05) is 24.6 Å². The molecule has 0 aliphatic carbocycles. The smallest absolute Gasteiger partial charge is 0.343 e. The molecule has 0 bridgehead atoms. The number of piperidine rings is 1. The lowest BCUT2D eigenvalue weighted by atomic mass is 10.0. The predicted octanol–water partition coefficient (Wildman–Crippen LogP) is 2.21. The molecule has 1 aliphatic heterocycles. The van der Waals surface area contributed by atoms with Crippen LogP contribution in [-0.4, -0.2) is 64.9 Å². The van der Waals surface area contributed by atoms with Crippen molar-refractivity contribution >= 4 is 29.4 Å². The van der Waals surface area contributed by atoms with E-state index in [0.29, 0.717) is 12.4 Å². The normalized spacial score (nSPS) is 16.2. The molecule has 1 aliphatic rings. The molecule has 3 rings (SSSR count). The molecule has 0 spiro atoms. The molecule has 1 fully saturated rings. The summed E-state index contributed by atoms with van der Waals surface area (Å²) in [4.78, 5) is 39.1. The predicted molar refractivity (Wildman–Crippen MR) is 120 cm³/mol. The fourth-order valence-electron chi connectivity index (χ4n) is 3.71. The summed E-state index contributed by atoms with van der Waals surface area (Å²) in [5, 5.41) is 12.5. The highest BCUT2D eigenvalue weighted by Crippen LogP contribution is 2.18. The van der Waals surface area contributed by atoms with Crippen LogP contribution < -0.4 is 16.0 Å². The van der Waals surface area contributed by atoms with Crippen molar-refractivity contribution in [2.24, 2.45) is 7.05 Å². The Morgan fingerprint density at radius 2 is 1.94 bits per heavy atom. The molecule has 10 nitrogen and oxygen atoms in total. The number of nitrogens with zero attached hydrogens (tertiary/aromatic N) is 3. The fraction of sp³-hybridized carbons (Fsp3) is 0.455. The van der Waals surface area contributed by atoms with Gasteiger partial charge in [-0.05, 0) is 38.4 Å². The van der Waals surface area contributed by atoms with Crippen molar-refractivity contribution in [3.63, 3.8) is 0 Å². The second kappa shape index (κ2) is 11.3. The van der Waals surface area contributed by atoms with Gasteiger partial charge < -0.3 is 20.7 Å². The standard InChI is InChI=1S/C22H30N6O4/c1-3-32-21(30)18-14-24-27(2)20(18)26-19(29)15-28-12-8-7-11-17(28)13-23-22(31)25-16-9-5-4-6-10-16/h4-6,9-10,14,17H,3,7-8,11-13,15H2,1-2H3,(H,26,29)(H2,23,25,31). The molecule has 1 aromatic heterocycles. The fourth-order valence-corrected chi connectivity index (χ4v) is 3.71. The summed E-state index contributed by atoms with van der Waals surface area (Å²) in [6.07, 6.45) is 4.30. The molecule has 32 heavy (non-hydrogen) atoms. The molecule has 0 saturated carbocycles. The van der Waals surface area contributed by atoms with Gasteiger partial charge in [-0.3, -0.25) is 14.4 Å². The number of esters is 1. The third kappa shape index (κ3) is 6.30. The van der Waals surface area contributed by atoms with Gasteiger partial charge in [-0.15, -0.1) is 0 Å². The van der Waals surface area contributed by atoms with E-state index >= 15 is 0 Å². The number of aromatic nitrogens is 2. The highest BCUT2D eigenvalue weighted by atomic mass is 16.5. The van der Waals surface area contributed by atoms with Gasteiger partial charge in [0.25, 0.3) is 0 Å². The zero-order valence-electron chi connectivity index (χ0n) is 18.5. The van der Waals surface area contributed by atoms with Gasteiger partial charge in [-0.2, -0.15) is 5.10 Å².